The van der Waals surface area contributed by atoms with Crippen molar-refractivity contribution in [3.05, 3.63) is 22.1 Å². The highest BCUT2D eigenvalue weighted by molar-refractivity contribution is 5.94. The Bertz CT molecular complexity index is 655. The molecule has 12 heteroatoms. The summed E-state index contributed by atoms with van der Waals surface area (Å²) in [5, 5.41) is 22.3. The van der Waals surface area contributed by atoms with Crippen LogP contribution in [0.1, 0.15) is 19.2 Å². The molecule has 1 unspecified atom stereocenters. The number of nitrogens with zero attached hydrogens (tertiary/aromatic N) is 3. The third-order valence-electron chi connectivity index (χ3n) is 2.99. The molecular weight excluding hydrogens is 314 g/mol. The number of urea groups is 1. The molecule has 0 bridgehead atoms. The number of imidazole rings is 1. The molecule has 1 aromatic heterocycles. The summed E-state index contributed by atoms with van der Waals surface area (Å²) in [6.45, 7) is 1.91. The van der Waals surface area contributed by atoms with Crippen LogP contribution in [0.25, 0.3) is 0 Å². The fourth-order valence-electron chi connectivity index (χ4n) is 2.00. The van der Waals surface area contributed by atoms with Crippen LogP contribution in [0.2, 0.25) is 0 Å². The van der Waals surface area contributed by atoms with Crippen molar-refractivity contribution < 1.29 is 29.2 Å². The minimum atomic E-state index is -2.24. The van der Waals surface area contributed by atoms with E-state index in [1.807, 2.05) is 0 Å². The number of carboxylic acid groups (broad SMARTS) is 1. The number of carbonyl (C=O) groups is 3. The average Bonchev–Trinajstić information content (AvgIpc) is 2.82. The van der Waals surface area contributed by atoms with Crippen molar-refractivity contribution >= 4 is 23.7 Å². The van der Waals surface area contributed by atoms with Crippen molar-refractivity contribution in [2.24, 2.45) is 5.73 Å². The van der Waals surface area contributed by atoms with Gasteiger partial charge in [0, 0.05) is 13.3 Å². The van der Waals surface area contributed by atoms with Gasteiger partial charge in [-0.15, -0.1) is 0 Å². The topological polar surface area (TPSA) is 180 Å². The summed E-state index contributed by atoms with van der Waals surface area (Å²) >= 11 is 0. The van der Waals surface area contributed by atoms with Crippen molar-refractivity contribution in [3.8, 4) is 0 Å². The second-order valence-electron chi connectivity index (χ2n) is 4.40. The number of imide groups is 1. The van der Waals surface area contributed by atoms with Crippen molar-refractivity contribution in [1.29, 1.82) is 0 Å². The highest BCUT2D eigenvalue weighted by Crippen LogP contribution is 2.30. The molecule has 0 aliphatic carbocycles. The summed E-state index contributed by atoms with van der Waals surface area (Å²) in [5.74, 6) is -3.15. The van der Waals surface area contributed by atoms with Crippen LogP contribution < -0.4 is 11.1 Å². The van der Waals surface area contributed by atoms with E-state index < -0.39 is 41.0 Å². The summed E-state index contributed by atoms with van der Waals surface area (Å²) < 4.78 is 5.89. The Morgan fingerprint density at radius 2 is 2.17 bits per heavy atom. The zero-order valence-electron chi connectivity index (χ0n) is 12.3. The van der Waals surface area contributed by atoms with Gasteiger partial charge in [0.15, 0.2) is 5.82 Å². The summed E-state index contributed by atoms with van der Waals surface area (Å²) in [5.41, 5.74) is 2.52. The number of carbonyl (C=O) groups excluding carboxylic acids is 2. The number of aliphatic carboxylic acids is 1. The van der Waals surface area contributed by atoms with E-state index in [-0.39, 0.29) is 12.2 Å². The van der Waals surface area contributed by atoms with Crippen LogP contribution in [-0.4, -0.2) is 44.1 Å². The van der Waals surface area contributed by atoms with Crippen LogP contribution in [0.5, 0.6) is 0 Å². The Morgan fingerprint density at radius 3 is 2.61 bits per heavy atom. The lowest BCUT2D eigenvalue weighted by Gasteiger charge is -2.26. The summed E-state index contributed by atoms with van der Waals surface area (Å²) in [4.78, 5) is 47.6. The molecule has 0 saturated carbocycles. The standard InChI is InChI=1S/C11H15N5O7/c1-3-11(9(18)19,23-5-7(17)14-10(12)20)15-6(2)13-4-8(15)16(21)22/h4H,3,5H2,1-2H3,(H,18,19)(H3,12,14,17,20). The molecule has 23 heavy (non-hydrogen) atoms. The predicted octanol–water partition coefficient (Wildman–Crippen LogP) is -0.541. The van der Waals surface area contributed by atoms with E-state index in [1.54, 1.807) is 5.32 Å². The number of primary amides is 1. The Balaban J connectivity index is 3.26. The molecule has 0 saturated heterocycles. The van der Waals surface area contributed by atoms with Crippen LogP contribution in [-0.2, 0) is 20.1 Å². The Labute approximate surface area is 129 Å². The highest BCUT2D eigenvalue weighted by atomic mass is 16.6. The molecule has 0 aromatic carbocycles. The molecule has 1 atom stereocenters. The molecule has 0 aliphatic rings. The zero-order chi connectivity index (χ0) is 17.8. The van der Waals surface area contributed by atoms with Crippen LogP contribution >= 0.6 is 0 Å². The molecule has 1 rings (SSSR count). The Morgan fingerprint density at radius 1 is 1.57 bits per heavy atom. The largest absolute Gasteiger partial charge is 0.476 e. The predicted molar refractivity (Wildman–Crippen MR) is 73.2 cm³/mol. The Hall–Kier alpha value is -3.02. The third kappa shape index (κ3) is 3.60. The molecule has 4 N–H and O–H groups in total. The number of aryl methyl sites for hydroxylation is 1. The van der Waals surface area contributed by atoms with E-state index in [1.165, 1.54) is 13.8 Å². The number of nitro groups is 1. The molecule has 3 amide bonds. The van der Waals surface area contributed by atoms with Crippen LogP contribution in [0.15, 0.2) is 6.20 Å². The van der Waals surface area contributed by atoms with Gasteiger partial charge in [-0.1, -0.05) is 6.92 Å². The first-order valence-electron chi connectivity index (χ1n) is 6.31. The van der Waals surface area contributed by atoms with Gasteiger partial charge in [0.2, 0.25) is 0 Å². The van der Waals surface area contributed by atoms with E-state index in [9.17, 15) is 29.6 Å². The summed E-state index contributed by atoms with van der Waals surface area (Å²) in [6.07, 6.45) is 0.639. The number of amides is 3. The number of nitrogens with one attached hydrogen (secondary N) is 1. The average molecular weight is 329 g/mol. The van der Waals surface area contributed by atoms with E-state index in [4.69, 9.17) is 10.5 Å². The molecule has 0 fully saturated rings. The molecule has 0 spiro atoms. The number of nitrogens with two attached hydrogens (primary N) is 1. The van der Waals surface area contributed by atoms with Gasteiger partial charge in [-0.05, 0) is 4.92 Å². The van der Waals surface area contributed by atoms with E-state index in [0.717, 1.165) is 10.8 Å². The number of rotatable bonds is 7. The van der Waals surface area contributed by atoms with Crippen LogP contribution in [0, 0.1) is 17.0 Å². The number of hydrogen-bond acceptors (Lipinski definition) is 7. The highest BCUT2D eigenvalue weighted by Gasteiger charge is 2.49. The molecule has 0 radical (unpaired) electrons. The molecule has 1 heterocycles. The number of aromatic nitrogens is 2. The van der Waals surface area contributed by atoms with Gasteiger partial charge in [0.1, 0.15) is 12.8 Å². The molecular formula is C11H15N5O7. The molecule has 126 valence electrons. The first-order chi connectivity index (χ1) is 10.7. The van der Waals surface area contributed by atoms with Crippen molar-refractivity contribution in [2.75, 3.05) is 6.61 Å². The van der Waals surface area contributed by atoms with E-state index >= 15 is 0 Å². The van der Waals surface area contributed by atoms with Gasteiger partial charge in [-0.25, -0.2) is 14.6 Å². The minimum absolute atomic E-state index is 0.0104. The van der Waals surface area contributed by atoms with Gasteiger partial charge >= 0.3 is 23.5 Å². The van der Waals surface area contributed by atoms with Crippen LogP contribution in [0.4, 0.5) is 10.6 Å². The van der Waals surface area contributed by atoms with Gasteiger partial charge in [0.25, 0.3) is 5.91 Å². The molecule has 0 aliphatic heterocycles. The van der Waals surface area contributed by atoms with Gasteiger partial charge in [0.05, 0.1) is 0 Å². The van der Waals surface area contributed by atoms with Crippen molar-refractivity contribution in [3.63, 3.8) is 0 Å². The lowest BCUT2D eigenvalue weighted by atomic mass is 10.1. The monoisotopic (exact) mass is 329 g/mol. The fourth-order valence-corrected chi connectivity index (χ4v) is 2.00. The molecule has 1 aromatic rings. The first kappa shape index (κ1) is 18.0. The number of carboxylic acids is 1. The van der Waals surface area contributed by atoms with E-state index in [2.05, 4.69) is 4.98 Å². The van der Waals surface area contributed by atoms with E-state index in [0.29, 0.717) is 0 Å². The smallest absolute Gasteiger partial charge is 0.382 e. The summed E-state index contributed by atoms with van der Waals surface area (Å²) in [7, 11) is 0. The van der Waals surface area contributed by atoms with Gasteiger partial charge < -0.3 is 25.7 Å². The third-order valence-corrected chi connectivity index (χ3v) is 2.99. The lowest BCUT2D eigenvalue weighted by Crippen LogP contribution is -2.48. The lowest BCUT2D eigenvalue weighted by molar-refractivity contribution is -0.395. The maximum absolute atomic E-state index is 11.7. The number of hydrogen-bond donors (Lipinski definition) is 3. The van der Waals surface area contributed by atoms with Gasteiger partial charge in [-0.2, -0.15) is 4.57 Å². The summed E-state index contributed by atoms with van der Waals surface area (Å²) in [6, 6.07) is -1.14. The Kier molecular flexibility index (Phi) is 5.35. The normalized spacial score (nSPS) is 13.1. The fraction of sp³-hybridized carbons (Fsp3) is 0.455. The zero-order valence-corrected chi connectivity index (χ0v) is 12.3. The van der Waals surface area contributed by atoms with Crippen molar-refractivity contribution in [2.45, 2.75) is 26.0 Å². The quantitative estimate of drug-likeness (QED) is 0.440. The first-order valence-corrected chi connectivity index (χ1v) is 6.31. The van der Waals surface area contributed by atoms with Gasteiger partial charge in [-0.3, -0.25) is 10.1 Å². The molecule has 12 nitrogen and oxygen atoms in total. The minimum Gasteiger partial charge on any atom is -0.476 e. The number of ether oxygens (including phenoxy) is 1. The second kappa shape index (κ2) is 6.83. The maximum atomic E-state index is 11.7. The second-order valence-corrected chi connectivity index (χ2v) is 4.40. The van der Waals surface area contributed by atoms with Crippen molar-refractivity contribution in [1.82, 2.24) is 14.9 Å². The van der Waals surface area contributed by atoms with Crippen LogP contribution in [0.3, 0.4) is 0 Å². The maximum Gasteiger partial charge on any atom is 0.382 e. The SMILES string of the molecule is CCC(OCC(=O)NC(N)=O)(C(=O)O)n1c([N+](=O)[O-])cnc1C.